The van der Waals surface area contributed by atoms with Crippen molar-refractivity contribution < 1.29 is 9.63 Å². The third-order valence-corrected chi connectivity index (χ3v) is 3.11. The van der Waals surface area contributed by atoms with E-state index in [2.05, 4.69) is 29.2 Å². The molecule has 0 spiro atoms. The van der Waals surface area contributed by atoms with Crippen LogP contribution in [0.5, 0.6) is 0 Å². The van der Waals surface area contributed by atoms with E-state index in [-0.39, 0.29) is 5.91 Å². The molecule has 0 saturated carbocycles. The number of benzene rings is 1. The molecule has 1 fully saturated rings. The molecule has 98 valence electrons. The van der Waals surface area contributed by atoms with Crippen LogP contribution in [0.4, 0.5) is 5.69 Å². The first-order valence-electron chi connectivity index (χ1n) is 6.36. The number of hydroxylamine groups is 2. The summed E-state index contributed by atoms with van der Waals surface area (Å²) in [6.07, 6.45) is 2.23. The second-order valence-corrected chi connectivity index (χ2v) is 4.74. The van der Waals surface area contributed by atoms with Crippen molar-refractivity contribution in [2.45, 2.75) is 19.3 Å². The third-order valence-electron chi connectivity index (χ3n) is 3.11. The van der Waals surface area contributed by atoms with E-state index in [9.17, 15) is 4.79 Å². The lowest BCUT2D eigenvalue weighted by atomic mass is 10.1. The highest BCUT2D eigenvalue weighted by atomic mass is 16.7. The largest absolute Gasteiger partial charge is 0.378 e. The standard InChI is InChI=1S/C14H20N2O2/c1-15(2)13-7-4-12(5-8-13)6-9-14(17)16-10-3-11-18-16/h4-5,7-8H,3,6,9-11H2,1-2H3. The lowest BCUT2D eigenvalue weighted by Crippen LogP contribution is -2.26. The molecule has 1 aliphatic heterocycles. The Morgan fingerprint density at radius 1 is 1.33 bits per heavy atom. The fraction of sp³-hybridized carbons (Fsp3) is 0.500. The molecular weight excluding hydrogens is 228 g/mol. The summed E-state index contributed by atoms with van der Waals surface area (Å²) in [4.78, 5) is 19.1. The van der Waals surface area contributed by atoms with Crippen molar-refractivity contribution in [2.75, 3.05) is 32.1 Å². The zero-order chi connectivity index (χ0) is 13.0. The number of rotatable bonds is 4. The van der Waals surface area contributed by atoms with Crippen molar-refractivity contribution >= 4 is 11.6 Å². The molecular formula is C14H20N2O2. The second kappa shape index (κ2) is 5.87. The Bertz CT molecular complexity index is 395. The van der Waals surface area contributed by atoms with E-state index < -0.39 is 0 Å². The molecule has 4 nitrogen and oxygen atoms in total. The van der Waals surface area contributed by atoms with Gasteiger partial charge in [0.25, 0.3) is 0 Å². The SMILES string of the molecule is CN(C)c1ccc(CCC(=O)N2CCCO2)cc1. The molecule has 1 saturated heterocycles. The molecule has 1 aromatic rings. The average Bonchev–Trinajstić information content (AvgIpc) is 2.90. The van der Waals surface area contributed by atoms with Crippen molar-refractivity contribution in [3.63, 3.8) is 0 Å². The number of hydrogen-bond acceptors (Lipinski definition) is 3. The van der Waals surface area contributed by atoms with Gasteiger partial charge in [-0.25, -0.2) is 5.06 Å². The van der Waals surface area contributed by atoms with Gasteiger partial charge in [0.05, 0.1) is 13.2 Å². The van der Waals surface area contributed by atoms with Crippen LogP contribution >= 0.6 is 0 Å². The van der Waals surface area contributed by atoms with E-state index in [0.29, 0.717) is 13.0 Å². The lowest BCUT2D eigenvalue weighted by Gasteiger charge is -2.14. The molecule has 2 rings (SSSR count). The van der Waals surface area contributed by atoms with Gasteiger partial charge in [0, 0.05) is 26.2 Å². The predicted molar refractivity (Wildman–Crippen MR) is 71.4 cm³/mol. The highest BCUT2D eigenvalue weighted by Crippen LogP contribution is 2.14. The monoisotopic (exact) mass is 248 g/mol. The van der Waals surface area contributed by atoms with E-state index in [1.807, 2.05) is 14.1 Å². The molecule has 0 radical (unpaired) electrons. The van der Waals surface area contributed by atoms with Crippen LogP contribution in [0.25, 0.3) is 0 Å². The first-order chi connectivity index (χ1) is 8.66. The van der Waals surface area contributed by atoms with Gasteiger partial charge in [-0.15, -0.1) is 0 Å². The molecule has 18 heavy (non-hydrogen) atoms. The Morgan fingerprint density at radius 3 is 2.61 bits per heavy atom. The van der Waals surface area contributed by atoms with Crippen LogP contribution in [0.15, 0.2) is 24.3 Å². The summed E-state index contributed by atoms with van der Waals surface area (Å²) in [7, 11) is 4.03. The topological polar surface area (TPSA) is 32.8 Å². The maximum Gasteiger partial charge on any atom is 0.246 e. The van der Waals surface area contributed by atoms with Gasteiger partial charge in [-0.05, 0) is 30.5 Å². The summed E-state index contributed by atoms with van der Waals surface area (Å²) < 4.78 is 0. The molecule has 1 aliphatic rings. The van der Waals surface area contributed by atoms with Crippen molar-refractivity contribution in [1.29, 1.82) is 0 Å². The maximum absolute atomic E-state index is 11.8. The van der Waals surface area contributed by atoms with Crippen LogP contribution in [0.3, 0.4) is 0 Å². The van der Waals surface area contributed by atoms with Gasteiger partial charge in [-0.1, -0.05) is 12.1 Å². The third kappa shape index (κ3) is 3.23. The normalized spacial score (nSPS) is 14.9. The molecule has 0 N–H and O–H groups in total. The van der Waals surface area contributed by atoms with Gasteiger partial charge in [-0.3, -0.25) is 9.63 Å². The van der Waals surface area contributed by atoms with Crippen LogP contribution < -0.4 is 4.90 Å². The Kier molecular flexibility index (Phi) is 4.20. The minimum Gasteiger partial charge on any atom is -0.378 e. The molecule has 1 amide bonds. The van der Waals surface area contributed by atoms with E-state index >= 15 is 0 Å². The van der Waals surface area contributed by atoms with Gasteiger partial charge >= 0.3 is 0 Å². The Balaban J connectivity index is 1.84. The molecule has 1 aromatic carbocycles. The number of carbonyl (C=O) groups is 1. The molecule has 0 aliphatic carbocycles. The lowest BCUT2D eigenvalue weighted by molar-refractivity contribution is -0.168. The fourth-order valence-electron chi connectivity index (χ4n) is 1.98. The van der Waals surface area contributed by atoms with E-state index in [0.717, 1.165) is 19.4 Å². The molecule has 0 bridgehead atoms. The van der Waals surface area contributed by atoms with Crippen molar-refractivity contribution in [2.24, 2.45) is 0 Å². The zero-order valence-corrected chi connectivity index (χ0v) is 11.1. The highest BCUT2D eigenvalue weighted by Gasteiger charge is 2.18. The second-order valence-electron chi connectivity index (χ2n) is 4.74. The average molecular weight is 248 g/mol. The summed E-state index contributed by atoms with van der Waals surface area (Å²) in [5.41, 5.74) is 2.36. The number of nitrogens with zero attached hydrogens (tertiary/aromatic N) is 2. The van der Waals surface area contributed by atoms with Gasteiger partial charge in [0.2, 0.25) is 5.91 Å². The maximum atomic E-state index is 11.8. The number of carbonyl (C=O) groups excluding carboxylic acids is 1. The number of hydrogen-bond donors (Lipinski definition) is 0. The summed E-state index contributed by atoms with van der Waals surface area (Å²) in [5, 5.41) is 1.49. The highest BCUT2D eigenvalue weighted by molar-refractivity contribution is 5.75. The number of anilines is 1. The number of aryl methyl sites for hydroxylation is 1. The van der Waals surface area contributed by atoms with Crippen LogP contribution in [0.2, 0.25) is 0 Å². The molecule has 0 unspecified atom stereocenters. The van der Waals surface area contributed by atoms with Gasteiger partial charge in [0.15, 0.2) is 0 Å². The quantitative estimate of drug-likeness (QED) is 0.815. The zero-order valence-electron chi connectivity index (χ0n) is 11.1. The van der Waals surface area contributed by atoms with Crippen LogP contribution in [0, 0.1) is 0 Å². The fourth-order valence-corrected chi connectivity index (χ4v) is 1.98. The molecule has 4 heteroatoms. The van der Waals surface area contributed by atoms with Crippen molar-refractivity contribution in [1.82, 2.24) is 5.06 Å². The predicted octanol–water partition coefficient (Wildman–Crippen LogP) is 1.85. The smallest absolute Gasteiger partial charge is 0.246 e. The minimum atomic E-state index is 0.0872. The van der Waals surface area contributed by atoms with Gasteiger partial charge < -0.3 is 4.90 Å². The Labute approximate surface area is 108 Å². The minimum absolute atomic E-state index is 0.0872. The van der Waals surface area contributed by atoms with Gasteiger partial charge in [-0.2, -0.15) is 0 Å². The Morgan fingerprint density at radius 2 is 2.06 bits per heavy atom. The summed E-state index contributed by atoms with van der Waals surface area (Å²) in [5.74, 6) is 0.0872. The van der Waals surface area contributed by atoms with Crippen LogP contribution in [-0.4, -0.2) is 38.2 Å². The summed E-state index contributed by atoms with van der Waals surface area (Å²) >= 11 is 0. The first kappa shape index (κ1) is 12.9. The van der Waals surface area contributed by atoms with E-state index in [4.69, 9.17) is 4.84 Å². The molecule has 0 aromatic heterocycles. The summed E-state index contributed by atoms with van der Waals surface area (Å²) in [6, 6.07) is 8.30. The Hall–Kier alpha value is -1.55. The van der Waals surface area contributed by atoms with E-state index in [1.54, 1.807) is 0 Å². The van der Waals surface area contributed by atoms with Crippen LogP contribution in [0.1, 0.15) is 18.4 Å². The van der Waals surface area contributed by atoms with Crippen molar-refractivity contribution in [3.05, 3.63) is 29.8 Å². The van der Waals surface area contributed by atoms with Gasteiger partial charge in [0.1, 0.15) is 0 Å². The van der Waals surface area contributed by atoms with Crippen LogP contribution in [-0.2, 0) is 16.1 Å². The molecule has 0 atom stereocenters. The summed E-state index contributed by atoms with van der Waals surface area (Å²) in [6.45, 7) is 1.40. The first-order valence-corrected chi connectivity index (χ1v) is 6.36. The van der Waals surface area contributed by atoms with Crippen molar-refractivity contribution in [3.8, 4) is 0 Å². The number of amides is 1. The van der Waals surface area contributed by atoms with E-state index in [1.165, 1.54) is 16.3 Å². The molecule has 1 heterocycles.